The molecule has 2 aromatic heterocycles. The molecule has 4 aromatic rings. The van der Waals surface area contributed by atoms with Crippen LogP contribution in [0.1, 0.15) is 0 Å². The molecule has 0 unspecified atom stereocenters. The molecular formula is C21H15FN4O. The predicted molar refractivity (Wildman–Crippen MR) is 102 cm³/mol. The lowest BCUT2D eigenvalue weighted by Crippen LogP contribution is -1.95. The number of hydrogen-bond donors (Lipinski definition) is 1. The van der Waals surface area contributed by atoms with Crippen LogP contribution in [0.25, 0.3) is 22.3 Å². The number of ether oxygens (including phenoxy) is 1. The Morgan fingerprint density at radius 1 is 0.778 bits per heavy atom. The fourth-order valence-electron chi connectivity index (χ4n) is 2.71. The van der Waals surface area contributed by atoms with Gasteiger partial charge in [0.15, 0.2) is 0 Å². The second kappa shape index (κ2) is 7.21. The van der Waals surface area contributed by atoms with Crippen LogP contribution in [0.15, 0.2) is 79.3 Å². The number of hydrogen-bond acceptors (Lipinski definition) is 5. The van der Waals surface area contributed by atoms with E-state index >= 15 is 0 Å². The number of nitrogens with zero attached hydrogens (tertiary/aromatic N) is 3. The smallest absolute Gasteiger partial charge is 0.219 e. The van der Waals surface area contributed by atoms with E-state index in [0.717, 1.165) is 5.56 Å². The van der Waals surface area contributed by atoms with E-state index in [1.54, 1.807) is 18.3 Å². The number of anilines is 1. The highest BCUT2D eigenvalue weighted by Crippen LogP contribution is 2.34. The molecule has 132 valence electrons. The van der Waals surface area contributed by atoms with Crippen molar-refractivity contribution in [2.24, 2.45) is 0 Å². The number of pyridine rings is 1. The van der Waals surface area contributed by atoms with Gasteiger partial charge in [0.25, 0.3) is 0 Å². The zero-order chi connectivity index (χ0) is 18.6. The summed E-state index contributed by atoms with van der Waals surface area (Å²) in [7, 11) is 0. The van der Waals surface area contributed by atoms with Gasteiger partial charge in [-0.1, -0.05) is 36.4 Å². The first-order valence-corrected chi connectivity index (χ1v) is 8.26. The van der Waals surface area contributed by atoms with Gasteiger partial charge in [-0.05, 0) is 23.8 Å². The monoisotopic (exact) mass is 358 g/mol. The molecule has 0 bridgehead atoms. The molecule has 0 amide bonds. The summed E-state index contributed by atoms with van der Waals surface area (Å²) in [5.74, 6) is 0.838. The third kappa shape index (κ3) is 3.59. The van der Waals surface area contributed by atoms with Crippen LogP contribution in [0, 0.1) is 5.82 Å². The van der Waals surface area contributed by atoms with Gasteiger partial charge in [0.05, 0.1) is 0 Å². The summed E-state index contributed by atoms with van der Waals surface area (Å²) >= 11 is 0. The number of para-hydroxylation sites is 1. The van der Waals surface area contributed by atoms with Crippen molar-refractivity contribution in [1.82, 2.24) is 15.0 Å². The third-order valence-corrected chi connectivity index (χ3v) is 4.00. The molecule has 0 aliphatic rings. The Labute approximate surface area is 155 Å². The second-order valence-corrected chi connectivity index (χ2v) is 5.79. The molecule has 0 saturated heterocycles. The highest BCUT2D eigenvalue weighted by Gasteiger charge is 2.12. The number of nitrogens with two attached hydrogens (primary N) is 1. The van der Waals surface area contributed by atoms with Gasteiger partial charge in [-0.2, -0.15) is 0 Å². The molecule has 0 fully saturated rings. The summed E-state index contributed by atoms with van der Waals surface area (Å²) in [5, 5.41) is 0. The first-order valence-electron chi connectivity index (χ1n) is 8.26. The summed E-state index contributed by atoms with van der Waals surface area (Å²) in [4.78, 5) is 12.0. The fourth-order valence-corrected chi connectivity index (χ4v) is 2.71. The van der Waals surface area contributed by atoms with Crippen molar-refractivity contribution in [3.8, 4) is 33.9 Å². The second-order valence-electron chi connectivity index (χ2n) is 5.79. The van der Waals surface area contributed by atoms with Crippen LogP contribution >= 0.6 is 0 Å². The van der Waals surface area contributed by atoms with Crippen LogP contribution in [0.2, 0.25) is 0 Å². The summed E-state index contributed by atoms with van der Waals surface area (Å²) in [6.45, 7) is 0. The van der Waals surface area contributed by atoms with Gasteiger partial charge < -0.3 is 10.5 Å². The lowest BCUT2D eigenvalue weighted by molar-refractivity contribution is 0.464. The maximum atomic E-state index is 14.7. The predicted octanol–water partition coefficient (Wildman–Crippen LogP) is 4.72. The van der Waals surface area contributed by atoms with Gasteiger partial charge in [-0.3, -0.25) is 0 Å². The first kappa shape index (κ1) is 16.7. The molecular weight excluding hydrogens is 343 g/mol. The number of aromatic nitrogens is 3. The first-order chi connectivity index (χ1) is 13.2. The average molecular weight is 358 g/mol. The minimum Gasteiger partial charge on any atom is -0.438 e. The molecule has 2 aromatic carbocycles. The van der Waals surface area contributed by atoms with Crippen LogP contribution in [0.4, 0.5) is 10.3 Å². The lowest BCUT2D eigenvalue weighted by Gasteiger charge is -2.12. The van der Waals surface area contributed by atoms with Crippen LogP contribution in [-0.4, -0.2) is 15.0 Å². The molecule has 0 aliphatic carbocycles. The van der Waals surface area contributed by atoms with Crippen molar-refractivity contribution in [2.75, 3.05) is 5.73 Å². The Morgan fingerprint density at radius 2 is 1.56 bits per heavy atom. The molecule has 0 atom stereocenters. The summed E-state index contributed by atoms with van der Waals surface area (Å²) < 4.78 is 20.6. The van der Waals surface area contributed by atoms with E-state index in [4.69, 9.17) is 10.5 Å². The molecule has 6 heteroatoms. The van der Waals surface area contributed by atoms with Gasteiger partial charge >= 0.3 is 0 Å². The SMILES string of the molecule is Nc1ncc(-c2ccc(-c3ccccc3Oc3ccccn3)cc2F)cn1. The zero-order valence-electron chi connectivity index (χ0n) is 14.2. The molecule has 2 heterocycles. The van der Waals surface area contributed by atoms with Crippen LogP contribution in [-0.2, 0) is 0 Å². The van der Waals surface area contributed by atoms with E-state index in [9.17, 15) is 4.39 Å². The van der Waals surface area contributed by atoms with Crippen molar-refractivity contribution in [1.29, 1.82) is 0 Å². The lowest BCUT2D eigenvalue weighted by atomic mass is 10.0. The van der Waals surface area contributed by atoms with Gasteiger partial charge in [0.1, 0.15) is 11.6 Å². The highest BCUT2D eigenvalue weighted by atomic mass is 19.1. The number of nitrogen functional groups attached to an aromatic ring is 1. The van der Waals surface area contributed by atoms with Crippen LogP contribution in [0.5, 0.6) is 11.6 Å². The Kier molecular flexibility index (Phi) is 4.45. The largest absolute Gasteiger partial charge is 0.438 e. The van der Waals surface area contributed by atoms with Gasteiger partial charge in [-0.25, -0.2) is 19.3 Å². The molecule has 2 N–H and O–H groups in total. The average Bonchev–Trinajstić information content (AvgIpc) is 2.70. The Morgan fingerprint density at radius 3 is 2.30 bits per heavy atom. The highest BCUT2D eigenvalue weighted by molar-refractivity contribution is 5.74. The van der Waals surface area contributed by atoms with E-state index in [2.05, 4.69) is 15.0 Å². The van der Waals surface area contributed by atoms with Crippen molar-refractivity contribution in [3.63, 3.8) is 0 Å². The van der Waals surface area contributed by atoms with Crippen LogP contribution < -0.4 is 10.5 Å². The fraction of sp³-hybridized carbons (Fsp3) is 0. The Bertz CT molecular complexity index is 1070. The quantitative estimate of drug-likeness (QED) is 0.571. The minimum atomic E-state index is -0.381. The molecule has 0 spiro atoms. The Hall–Kier alpha value is -3.80. The van der Waals surface area contributed by atoms with Crippen molar-refractivity contribution < 1.29 is 9.13 Å². The van der Waals surface area contributed by atoms with E-state index in [-0.39, 0.29) is 11.8 Å². The third-order valence-electron chi connectivity index (χ3n) is 4.00. The van der Waals surface area contributed by atoms with E-state index < -0.39 is 0 Å². The van der Waals surface area contributed by atoms with E-state index in [1.165, 1.54) is 18.5 Å². The number of halogens is 1. The molecule has 4 rings (SSSR count). The van der Waals surface area contributed by atoms with E-state index in [0.29, 0.717) is 28.3 Å². The molecule has 27 heavy (non-hydrogen) atoms. The maximum Gasteiger partial charge on any atom is 0.219 e. The van der Waals surface area contributed by atoms with Gasteiger partial charge in [0.2, 0.25) is 11.8 Å². The van der Waals surface area contributed by atoms with Crippen molar-refractivity contribution in [3.05, 3.63) is 85.1 Å². The normalized spacial score (nSPS) is 10.6. The molecule has 0 aliphatic heterocycles. The summed E-state index contributed by atoms with van der Waals surface area (Å²) in [6.07, 6.45) is 4.65. The van der Waals surface area contributed by atoms with Crippen molar-refractivity contribution >= 4 is 5.95 Å². The minimum absolute atomic E-state index is 0.149. The molecule has 5 nitrogen and oxygen atoms in total. The van der Waals surface area contributed by atoms with Crippen molar-refractivity contribution in [2.45, 2.75) is 0 Å². The Balaban J connectivity index is 1.70. The summed E-state index contributed by atoms with van der Waals surface area (Å²) in [6, 6.07) is 17.8. The van der Waals surface area contributed by atoms with Crippen LogP contribution in [0.3, 0.4) is 0 Å². The standard InChI is InChI=1S/C21H15FN4O/c22-18-11-14(8-9-16(18)15-12-25-21(23)26-13-15)17-5-1-2-6-19(17)27-20-7-3-4-10-24-20/h1-13H,(H2,23,25,26). The number of benzene rings is 2. The zero-order valence-corrected chi connectivity index (χ0v) is 14.2. The van der Waals surface area contributed by atoms with E-state index in [1.807, 2.05) is 42.5 Å². The molecule has 0 saturated carbocycles. The molecule has 0 radical (unpaired) electrons. The van der Waals surface area contributed by atoms with Gasteiger partial charge in [0, 0.05) is 41.3 Å². The topological polar surface area (TPSA) is 73.9 Å². The maximum absolute atomic E-state index is 14.7. The summed E-state index contributed by atoms with van der Waals surface area (Å²) in [5.41, 5.74) is 7.91. The van der Waals surface area contributed by atoms with Gasteiger partial charge in [-0.15, -0.1) is 0 Å². The number of rotatable bonds is 4.